The third-order valence-electron chi connectivity index (χ3n) is 6.38. The fourth-order valence-corrected chi connectivity index (χ4v) is 4.52. The molecule has 1 fully saturated rings. The number of nitrogens with one attached hydrogen (secondary N) is 2. The summed E-state index contributed by atoms with van der Waals surface area (Å²) in [5, 5.41) is 16.4. The van der Waals surface area contributed by atoms with Crippen LogP contribution in [-0.2, 0) is 6.54 Å². The van der Waals surface area contributed by atoms with Crippen molar-refractivity contribution in [2.75, 3.05) is 44.6 Å². The second-order valence-electron chi connectivity index (χ2n) is 8.86. The number of aromatic amines is 1. The number of anilines is 1. The Bertz CT molecular complexity index is 1310. The molecule has 3 aromatic carbocycles. The zero-order valence-electron chi connectivity index (χ0n) is 20.3. The largest absolute Gasteiger partial charge is 0.492 e. The number of halogens is 1. The maximum Gasteiger partial charge on any atom is 0.258 e. The summed E-state index contributed by atoms with van der Waals surface area (Å²) in [7, 11) is 0. The van der Waals surface area contributed by atoms with Crippen molar-refractivity contribution in [1.82, 2.24) is 30.4 Å². The molecule has 1 aliphatic rings. The summed E-state index contributed by atoms with van der Waals surface area (Å²) in [5.41, 5.74) is 4.24. The van der Waals surface area contributed by atoms with Crippen LogP contribution in [0.2, 0.25) is 5.02 Å². The minimum atomic E-state index is -0.308. The van der Waals surface area contributed by atoms with Crippen molar-refractivity contribution < 1.29 is 9.53 Å². The Morgan fingerprint density at radius 1 is 0.973 bits per heavy atom. The first-order valence-corrected chi connectivity index (χ1v) is 12.6. The number of rotatable bonds is 9. The highest BCUT2D eigenvalue weighted by Gasteiger charge is 2.18. The molecule has 0 bridgehead atoms. The first kappa shape index (κ1) is 24.9. The number of hydrogen-bond acceptors (Lipinski definition) is 7. The fourth-order valence-electron chi connectivity index (χ4n) is 4.39. The number of ether oxygens (including phenoxy) is 1. The van der Waals surface area contributed by atoms with E-state index in [0.29, 0.717) is 17.9 Å². The number of amides is 1. The number of hydrogen-bond donors (Lipinski definition) is 2. The molecule has 0 aliphatic carbocycles. The summed E-state index contributed by atoms with van der Waals surface area (Å²) in [6.07, 6.45) is 0. The molecule has 0 spiro atoms. The highest BCUT2D eigenvalue weighted by Crippen LogP contribution is 2.26. The van der Waals surface area contributed by atoms with Crippen molar-refractivity contribution in [3.05, 3.63) is 88.9 Å². The lowest BCUT2D eigenvalue weighted by atomic mass is 9.99. The Morgan fingerprint density at radius 3 is 2.54 bits per heavy atom. The third kappa shape index (κ3) is 6.71. The molecule has 4 aromatic rings. The molecule has 9 nitrogen and oxygen atoms in total. The van der Waals surface area contributed by atoms with E-state index in [0.717, 1.165) is 44.3 Å². The van der Waals surface area contributed by atoms with Crippen molar-refractivity contribution >= 4 is 23.5 Å². The average Bonchev–Trinajstić information content (AvgIpc) is 3.44. The number of aromatic nitrogens is 4. The van der Waals surface area contributed by atoms with Gasteiger partial charge in [0, 0.05) is 49.9 Å². The Morgan fingerprint density at radius 2 is 1.76 bits per heavy atom. The van der Waals surface area contributed by atoms with E-state index in [2.05, 4.69) is 72.1 Å². The van der Waals surface area contributed by atoms with E-state index in [1.165, 1.54) is 16.7 Å². The number of piperazine rings is 1. The first-order valence-electron chi connectivity index (χ1n) is 12.2. The Hall–Kier alpha value is -3.79. The molecule has 1 amide bonds. The van der Waals surface area contributed by atoms with Crippen LogP contribution in [0.25, 0.3) is 11.1 Å². The standard InChI is InChI=1S/C27H28ClN7O2/c28-23-10-8-20(9-11-23)25-7-2-1-4-22(25)19-35-14-12-34(13-15-35)16-17-37-24-6-3-5-21(18-24)26(36)29-27-30-32-33-31-27/h1-11,18H,12-17,19H2,(H2,29,30,31,32,33,36). The molecule has 0 radical (unpaired) electrons. The monoisotopic (exact) mass is 517 g/mol. The minimum Gasteiger partial charge on any atom is -0.492 e. The number of H-pyrrole nitrogens is 1. The smallest absolute Gasteiger partial charge is 0.258 e. The second kappa shape index (κ2) is 12.0. The quantitative estimate of drug-likeness (QED) is 0.346. The van der Waals surface area contributed by atoms with Crippen molar-refractivity contribution in [2.24, 2.45) is 0 Å². The van der Waals surface area contributed by atoms with Crippen LogP contribution in [0.4, 0.5) is 5.95 Å². The molecule has 10 heteroatoms. The van der Waals surface area contributed by atoms with Gasteiger partial charge in [0.05, 0.1) is 0 Å². The number of nitrogens with zero attached hydrogens (tertiary/aromatic N) is 5. The molecule has 2 heterocycles. The van der Waals surface area contributed by atoms with Crippen molar-refractivity contribution in [3.8, 4) is 16.9 Å². The Balaban J connectivity index is 1.08. The van der Waals surface area contributed by atoms with E-state index in [1.54, 1.807) is 18.2 Å². The van der Waals surface area contributed by atoms with Crippen LogP contribution in [0.5, 0.6) is 5.75 Å². The van der Waals surface area contributed by atoms with Crippen LogP contribution in [0.3, 0.4) is 0 Å². The summed E-state index contributed by atoms with van der Waals surface area (Å²) in [4.78, 5) is 17.3. The second-order valence-corrected chi connectivity index (χ2v) is 9.30. The fraction of sp³-hybridized carbons (Fsp3) is 0.259. The maximum atomic E-state index is 12.4. The Kier molecular flexibility index (Phi) is 8.05. The highest BCUT2D eigenvalue weighted by molar-refractivity contribution is 6.30. The van der Waals surface area contributed by atoms with Crippen LogP contribution < -0.4 is 10.1 Å². The van der Waals surface area contributed by atoms with Gasteiger partial charge in [0.1, 0.15) is 12.4 Å². The van der Waals surface area contributed by atoms with E-state index >= 15 is 0 Å². The lowest BCUT2D eigenvalue weighted by Crippen LogP contribution is -2.47. The molecule has 37 heavy (non-hydrogen) atoms. The van der Waals surface area contributed by atoms with Gasteiger partial charge in [0.15, 0.2) is 0 Å². The molecule has 0 unspecified atom stereocenters. The van der Waals surface area contributed by atoms with Gasteiger partial charge in [-0.15, -0.1) is 0 Å². The average molecular weight is 518 g/mol. The number of carbonyl (C=O) groups is 1. The Labute approximate surface area is 220 Å². The number of benzene rings is 3. The molecular formula is C27H28ClN7O2. The van der Waals surface area contributed by atoms with Gasteiger partial charge in [0.2, 0.25) is 5.95 Å². The summed E-state index contributed by atoms with van der Waals surface area (Å²) >= 11 is 6.08. The summed E-state index contributed by atoms with van der Waals surface area (Å²) < 4.78 is 5.94. The van der Waals surface area contributed by atoms with Crippen LogP contribution >= 0.6 is 11.6 Å². The predicted octanol–water partition coefficient (Wildman–Crippen LogP) is 3.97. The van der Waals surface area contributed by atoms with Gasteiger partial charge in [-0.05, 0) is 57.4 Å². The molecule has 5 rings (SSSR count). The minimum absolute atomic E-state index is 0.198. The zero-order valence-corrected chi connectivity index (χ0v) is 21.1. The predicted molar refractivity (Wildman–Crippen MR) is 143 cm³/mol. The molecule has 1 aromatic heterocycles. The van der Waals surface area contributed by atoms with Gasteiger partial charge < -0.3 is 4.74 Å². The maximum absolute atomic E-state index is 12.4. The highest BCUT2D eigenvalue weighted by atomic mass is 35.5. The normalized spacial score (nSPS) is 14.4. The van der Waals surface area contributed by atoms with E-state index in [4.69, 9.17) is 16.3 Å². The van der Waals surface area contributed by atoms with Gasteiger partial charge in [-0.1, -0.05) is 59.2 Å². The summed E-state index contributed by atoms with van der Waals surface area (Å²) in [6.45, 7) is 6.27. The van der Waals surface area contributed by atoms with Gasteiger partial charge in [0.25, 0.3) is 5.91 Å². The topological polar surface area (TPSA) is 99.3 Å². The number of carbonyl (C=O) groups excluding carboxylic acids is 1. The van der Waals surface area contributed by atoms with Gasteiger partial charge in [-0.25, -0.2) is 5.10 Å². The van der Waals surface area contributed by atoms with Gasteiger partial charge in [-0.3, -0.25) is 19.9 Å². The van der Waals surface area contributed by atoms with Crippen molar-refractivity contribution in [3.63, 3.8) is 0 Å². The molecule has 1 saturated heterocycles. The lowest BCUT2D eigenvalue weighted by Gasteiger charge is -2.35. The van der Waals surface area contributed by atoms with Gasteiger partial charge in [-0.2, -0.15) is 0 Å². The van der Waals surface area contributed by atoms with E-state index in [9.17, 15) is 4.79 Å². The molecule has 2 N–H and O–H groups in total. The van der Waals surface area contributed by atoms with Crippen LogP contribution in [0.15, 0.2) is 72.8 Å². The van der Waals surface area contributed by atoms with Crippen molar-refractivity contribution in [2.45, 2.75) is 6.54 Å². The van der Waals surface area contributed by atoms with E-state index in [-0.39, 0.29) is 11.9 Å². The molecule has 0 atom stereocenters. The SMILES string of the molecule is O=C(Nc1nnn[nH]1)c1cccc(OCCN2CCN(Cc3ccccc3-c3ccc(Cl)cc3)CC2)c1. The lowest BCUT2D eigenvalue weighted by molar-refractivity contribution is 0.102. The summed E-state index contributed by atoms with van der Waals surface area (Å²) in [5.74, 6) is 0.544. The third-order valence-corrected chi connectivity index (χ3v) is 6.63. The zero-order chi connectivity index (χ0) is 25.5. The first-order chi connectivity index (χ1) is 18.1. The van der Waals surface area contributed by atoms with Crippen LogP contribution in [-0.4, -0.2) is 75.7 Å². The van der Waals surface area contributed by atoms with Crippen LogP contribution in [0, 0.1) is 0 Å². The molecule has 0 saturated carbocycles. The van der Waals surface area contributed by atoms with Crippen molar-refractivity contribution in [1.29, 1.82) is 0 Å². The molecule has 1 aliphatic heterocycles. The van der Waals surface area contributed by atoms with Crippen LogP contribution in [0.1, 0.15) is 15.9 Å². The van der Waals surface area contributed by atoms with E-state index < -0.39 is 0 Å². The molecular weight excluding hydrogens is 490 g/mol. The van der Waals surface area contributed by atoms with Gasteiger partial charge >= 0.3 is 0 Å². The van der Waals surface area contributed by atoms with E-state index in [1.807, 2.05) is 18.2 Å². The molecule has 190 valence electrons. The number of tetrazole rings is 1. The summed E-state index contributed by atoms with van der Waals surface area (Å²) in [6, 6.07) is 23.7.